The maximum absolute atomic E-state index is 11.5. The maximum atomic E-state index is 11.5. The SMILES string of the molecule is NC(=O)c1ccccc1CN1CC2CCCC(N)C2C1. The van der Waals surface area contributed by atoms with Crippen LogP contribution in [0, 0.1) is 11.8 Å². The molecule has 3 atom stereocenters. The summed E-state index contributed by atoms with van der Waals surface area (Å²) in [5, 5.41) is 0. The first-order valence-electron chi connectivity index (χ1n) is 7.51. The number of benzene rings is 1. The minimum absolute atomic E-state index is 0.339. The first-order chi connectivity index (χ1) is 9.65. The van der Waals surface area contributed by atoms with Gasteiger partial charge in [0.1, 0.15) is 0 Å². The van der Waals surface area contributed by atoms with Crippen molar-refractivity contribution >= 4 is 5.91 Å². The molecule has 1 saturated heterocycles. The zero-order chi connectivity index (χ0) is 14.1. The van der Waals surface area contributed by atoms with Crippen LogP contribution in [0.1, 0.15) is 35.2 Å². The van der Waals surface area contributed by atoms with Crippen LogP contribution in [0.3, 0.4) is 0 Å². The van der Waals surface area contributed by atoms with Crippen LogP contribution < -0.4 is 11.5 Å². The van der Waals surface area contributed by atoms with E-state index in [9.17, 15) is 4.79 Å². The van der Waals surface area contributed by atoms with Crippen molar-refractivity contribution in [3.05, 3.63) is 35.4 Å². The Balaban J connectivity index is 1.72. The van der Waals surface area contributed by atoms with Gasteiger partial charge in [0.15, 0.2) is 0 Å². The molecule has 1 heterocycles. The third-order valence-electron chi connectivity index (χ3n) is 4.91. The van der Waals surface area contributed by atoms with Gasteiger partial charge in [0, 0.05) is 31.2 Å². The van der Waals surface area contributed by atoms with E-state index in [1.165, 1.54) is 12.8 Å². The summed E-state index contributed by atoms with van der Waals surface area (Å²) in [6.07, 6.45) is 3.72. The molecule has 1 aliphatic carbocycles. The summed E-state index contributed by atoms with van der Waals surface area (Å²) in [5.41, 5.74) is 13.4. The number of fused-ring (bicyclic) bond motifs is 1. The van der Waals surface area contributed by atoms with Gasteiger partial charge in [0.05, 0.1) is 0 Å². The Morgan fingerprint density at radius 3 is 2.80 bits per heavy atom. The molecule has 0 radical (unpaired) electrons. The van der Waals surface area contributed by atoms with Crippen molar-refractivity contribution in [1.82, 2.24) is 4.90 Å². The molecule has 108 valence electrons. The van der Waals surface area contributed by atoms with Gasteiger partial charge in [-0.15, -0.1) is 0 Å². The Bertz CT molecular complexity index is 502. The summed E-state index contributed by atoms with van der Waals surface area (Å²) >= 11 is 0. The van der Waals surface area contributed by atoms with Gasteiger partial charge in [-0.25, -0.2) is 0 Å². The number of likely N-dealkylation sites (tertiary alicyclic amines) is 1. The molecule has 1 amide bonds. The van der Waals surface area contributed by atoms with E-state index in [0.29, 0.717) is 17.5 Å². The van der Waals surface area contributed by atoms with Gasteiger partial charge in [0.2, 0.25) is 5.91 Å². The zero-order valence-corrected chi connectivity index (χ0v) is 11.8. The number of nitrogens with two attached hydrogens (primary N) is 2. The Labute approximate surface area is 120 Å². The molecule has 4 nitrogen and oxygen atoms in total. The van der Waals surface area contributed by atoms with Crippen LogP contribution in [0.25, 0.3) is 0 Å². The molecule has 2 fully saturated rings. The molecule has 3 unspecified atom stereocenters. The molecule has 1 aromatic rings. The predicted octanol–water partition coefficient (Wildman–Crippen LogP) is 1.34. The number of amides is 1. The van der Waals surface area contributed by atoms with Gasteiger partial charge in [-0.2, -0.15) is 0 Å². The van der Waals surface area contributed by atoms with E-state index in [1.807, 2.05) is 24.3 Å². The summed E-state index contributed by atoms with van der Waals surface area (Å²) in [7, 11) is 0. The van der Waals surface area contributed by atoms with E-state index in [2.05, 4.69) is 4.90 Å². The number of hydrogen-bond donors (Lipinski definition) is 2. The minimum atomic E-state index is -0.339. The summed E-state index contributed by atoms with van der Waals surface area (Å²) < 4.78 is 0. The Morgan fingerprint density at radius 1 is 1.25 bits per heavy atom. The van der Waals surface area contributed by atoms with Crippen molar-refractivity contribution in [3.8, 4) is 0 Å². The molecule has 0 spiro atoms. The lowest BCUT2D eigenvalue weighted by Crippen LogP contribution is -2.38. The number of hydrogen-bond acceptors (Lipinski definition) is 3. The van der Waals surface area contributed by atoms with Crippen LogP contribution in [-0.4, -0.2) is 29.9 Å². The van der Waals surface area contributed by atoms with Crippen molar-refractivity contribution in [3.63, 3.8) is 0 Å². The molecule has 1 aliphatic heterocycles. The number of nitrogens with zero attached hydrogens (tertiary/aromatic N) is 1. The van der Waals surface area contributed by atoms with Crippen LogP contribution in [0.15, 0.2) is 24.3 Å². The number of carbonyl (C=O) groups is 1. The highest BCUT2D eigenvalue weighted by Crippen LogP contribution is 2.36. The molecule has 2 aliphatic rings. The fraction of sp³-hybridized carbons (Fsp3) is 0.562. The van der Waals surface area contributed by atoms with E-state index >= 15 is 0 Å². The van der Waals surface area contributed by atoms with E-state index in [4.69, 9.17) is 11.5 Å². The van der Waals surface area contributed by atoms with Crippen molar-refractivity contribution in [1.29, 1.82) is 0 Å². The number of rotatable bonds is 3. The molecule has 20 heavy (non-hydrogen) atoms. The Kier molecular flexibility index (Phi) is 3.76. The highest BCUT2D eigenvalue weighted by atomic mass is 16.1. The van der Waals surface area contributed by atoms with Crippen molar-refractivity contribution in [2.45, 2.75) is 31.8 Å². The highest BCUT2D eigenvalue weighted by Gasteiger charge is 2.38. The Hall–Kier alpha value is -1.39. The molecule has 4 heteroatoms. The number of carbonyl (C=O) groups excluding carboxylic acids is 1. The first kappa shape index (κ1) is 13.6. The maximum Gasteiger partial charge on any atom is 0.249 e. The largest absolute Gasteiger partial charge is 0.366 e. The predicted molar refractivity (Wildman–Crippen MR) is 79.0 cm³/mol. The van der Waals surface area contributed by atoms with E-state index in [1.54, 1.807) is 0 Å². The van der Waals surface area contributed by atoms with Gasteiger partial charge in [-0.3, -0.25) is 9.69 Å². The second-order valence-electron chi connectivity index (χ2n) is 6.23. The van der Waals surface area contributed by atoms with Crippen LogP contribution in [0.4, 0.5) is 0 Å². The normalized spacial score (nSPS) is 30.1. The quantitative estimate of drug-likeness (QED) is 0.873. The third-order valence-corrected chi connectivity index (χ3v) is 4.91. The van der Waals surface area contributed by atoms with Gasteiger partial charge in [0.25, 0.3) is 0 Å². The third kappa shape index (κ3) is 2.58. The topological polar surface area (TPSA) is 72.4 Å². The van der Waals surface area contributed by atoms with Gasteiger partial charge >= 0.3 is 0 Å². The lowest BCUT2D eigenvalue weighted by atomic mass is 9.78. The highest BCUT2D eigenvalue weighted by molar-refractivity contribution is 5.94. The van der Waals surface area contributed by atoms with Gasteiger partial charge < -0.3 is 11.5 Å². The molecular weight excluding hydrogens is 250 g/mol. The molecular formula is C16H23N3O. The molecule has 4 N–H and O–H groups in total. The average molecular weight is 273 g/mol. The molecule has 3 rings (SSSR count). The van der Waals surface area contributed by atoms with Crippen LogP contribution in [0.2, 0.25) is 0 Å². The molecule has 1 aromatic carbocycles. The van der Waals surface area contributed by atoms with E-state index in [-0.39, 0.29) is 5.91 Å². The van der Waals surface area contributed by atoms with Gasteiger partial charge in [-0.05, 0) is 36.3 Å². The lowest BCUT2D eigenvalue weighted by Gasteiger charge is -2.29. The average Bonchev–Trinajstić information content (AvgIpc) is 2.83. The molecule has 1 saturated carbocycles. The van der Waals surface area contributed by atoms with E-state index < -0.39 is 0 Å². The van der Waals surface area contributed by atoms with Crippen LogP contribution >= 0.6 is 0 Å². The van der Waals surface area contributed by atoms with Crippen LogP contribution in [-0.2, 0) is 6.54 Å². The van der Waals surface area contributed by atoms with Gasteiger partial charge in [-0.1, -0.05) is 24.6 Å². The number of primary amides is 1. The van der Waals surface area contributed by atoms with Crippen LogP contribution in [0.5, 0.6) is 0 Å². The fourth-order valence-corrected chi connectivity index (χ4v) is 3.88. The van der Waals surface area contributed by atoms with Crippen molar-refractivity contribution in [2.75, 3.05) is 13.1 Å². The summed E-state index contributed by atoms with van der Waals surface area (Å²) in [6.45, 7) is 2.96. The second-order valence-corrected chi connectivity index (χ2v) is 6.23. The smallest absolute Gasteiger partial charge is 0.249 e. The summed E-state index contributed by atoms with van der Waals surface area (Å²) in [4.78, 5) is 13.9. The summed E-state index contributed by atoms with van der Waals surface area (Å²) in [5.74, 6) is 1.03. The molecule has 0 bridgehead atoms. The van der Waals surface area contributed by atoms with Crippen molar-refractivity contribution in [2.24, 2.45) is 23.3 Å². The fourth-order valence-electron chi connectivity index (χ4n) is 3.88. The van der Waals surface area contributed by atoms with Crippen molar-refractivity contribution < 1.29 is 4.79 Å². The van der Waals surface area contributed by atoms with E-state index in [0.717, 1.165) is 37.5 Å². The monoisotopic (exact) mass is 273 g/mol. The molecule has 0 aromatic heterocycles. The summed E-state index contributed by atoms with van der Waals surface area (Å²) in [6, 6.07) is 8.00. The second kappa shape index (κ2) is 5.54. The standard InChI is InChI=1S/C16H23N3O/c17-15-7-3-5-12-9-19(10-14(12)15)8-11-4-1-2-6-13(11)16(18)20/h1-2,4,6,12,14-15H,3,5,7-10,17H2,(H2,18,20). The Morgan fingerprint density at radius 2 is 2.05 bits per heavy atom. The minimum Gasteiger partial charge on any atom is -0.366 e. The lowest BCUT2D eigenvalue weighted by molar-refractivity contribution is 0.0998. The first-order valence-corrected chi connectivity index (χ1v) is 7.51. The zero-order valence-electron chi connectivity index (χ0n) is 11.8.